The zero-order chi connectivity index (χ0) is 18.2. The third-order valence-corrected chi connectivity index (χ3v) is 5.08. The molecular formula is C21H19N5O. The number of hydrogen-bond donors (Lipinski definition) is 0. The first kappa shape index (κ1) is 15.8. The molecular weight excluding hydrogens is 338 g/mol. The SMILES string of the molecule is O=C(c1ccn(-c2ccc3ccc(-c4ccncc4)cn23)n1)N1CCCC1. The van der Waals surface area contributed by atoms with Crippen LogP contribution >= 0.6 is 0 Å². The van der Waals surface area contributed by atoms with Crippen LogP contribution in [0.2, 0.25) is 0 Å². The highest BCUT2D eigenvalue weighted by Gasteiger charge is 2.21. The minimum Gasteiger partial charge on any atom is -0.337 e. The normalized spacial score (nSPS) is 14.1. The Bertz CT molecular complexity index is 1110. The van der Waals surface area contributed by atoms with E-state index in [0.29, 0.717) is 5.69 Å². The molecule has 6 nitrogen and oxygen atoms in total. The lowest BCUT2D eigenvalue weighted by molar-refractivity contribution is 0.0786. The quantitative estimate of drug-likeness (QED) is 0.564. The summed E-state index contributed by atoms with van der Waals surface area (Å²) in [5, 5.41) is 4.54. The lowest BCUT2D eigenvalue weighted by Crippen LogP contribution is -2.28. The van der Waals surface area contributed by atoms with Gasteiger partial charge in [-0.3, -0.25) is 9.78 Å². The van der Waals surface area contributed by atoms with Crippen LogP contribution in [0.15, 0.2) is 67.3 Å². The number of aromatic nitrogens is 4. The zero-order valence-corrected chi connectivity index (χ0v) is 14.8. The fraction of sp³-hybridized carbons (Fsp3) is 0.190. The van der Waals surface area contributed by atoms with Crippen LogP contribution in [0.5, 0.6) is 0 Å². The minimum atomic E-state index is 0.0181. The number of hydrogen-bond acceptors (Lipinski definition) is 3. The van der Waals surface area contributed by atoms with Crippen LogP contribution in [-0.2, 0) is 0 Å². The topological polar surface area (TPSA) is 55.4 Å². The van der Waals surface area contributed by atoms with Gasteiger partial charge in [-0.15, -0.1) is 0 Å². The van der Waals surface area contributed by atoms with E-state index in [2.05, 4.69) is 38.9 Å². The Morgan fingerprint density at radius 3 is 2.48 bits per heavy atom. The van der Waals surface area contributed by atoms with Crippen molar-refractivity contribution in [2.45, 2.75) is 12.8 Å². The van der Waals surface area contributed by atoms with Gasteiger partial charge < -0.3 is 9.30 Å². The highest BCUT2D eigenvalue weighted by atomic mass is 16.2. The van der Waals surface area contributed by atoms with Crippen molar-refractivity contribution in [2.75, 3.05) is 13.1 Å². The molecule has 0 spiro atoms. The number of rotatable bonds is 3. The molecule has 0 radical (unpaired) electrons. The molecule has 4 aromatic heterocycles. The largest absolute Gasteiger partial charge is 0.337 e. The number of carbonyl (C=O) groups is 1. The Labute approximate surface area is 156 Å². The van der Waals surface area contributed by atoms with Gasteiger partial charge >= 0.3 is 0 Å². The maximum Gasteiger partial charge on any atom is 0.274 e. The van der Waals surface area contributed by atoms with Crippen LogP contribution in [0.25, 0.3) is 22.5 Å². The van der Waals surface area contributed by atoms with Gasteiger partial charge in [0.05, 0.1) is 0 Å². The van der Waals surface area contributed by atoms with Crippen LogP contribution in [0.4, 0.5) is 0 Å². The highest BCUT2D eigenvalue weighted by molar-refractivity contribution is 5.92. The van der Waals surface area contributed by atoms with Crippen LogP contribution in [0, 0.1) is 0 Å². The van der Waals surface area contributed by atoms with Crippen molar-refractivity contribution in [1.29, 1.82) is 0 Å². The number of pyridine rings is 2. The molecule has 1 amide bonds. The molecule has 0 saturated carbocycles. The average Bonchev–Trinajstić information content (AvgIpc) is 3.47. The number of nitrogens with zero attached hydrogens (tertiary/aromatic N) is 5. The van der Waals surface area contributed by atoms with E-state index in [4.69, 9.17) is 0 Å². The molecule has 0 unspecified atom stereocenters. The van der Waals surface area contributed by atoms with Crippen molar-refractivity contribution in [2.24, 2.45) is 0 Å². The summed E-state index contributed by atoms with van der Waals surface area (Å²) in [6.07, 6.45) is 9.68. The molecule has 134 valence electrons. The van der Waals surface area contributed by atoms with Crippen LogP contribution in [-0.4, -0.2) is 43.1 Å². The summed E-state index contributed by atoms with van der Waals surface area (Å²) in [6.45, 7) is 1.66. The van der Waals surface area contributed by atoms with E-state index >= 15 is 0 Å². The summed E-state index contributed by atoms with van der Waals surface area (Å²) >= 11 is 0. The first-order valence-corrected chi connectivity index (χ1v) is 9.16. The van der Waals surface area contributed by atoms with Crippen molar-refractivity contribution >= 4 is 11.4 Å². The number of likely N-dealkylation sites (tertiary alicyclic amines) is 1. The second-order valence-corrected chi connectivity index (χ2v) is 6.78. The molecule has 27 heavy (non-hydrogen) atoms. The highest BCUT2D eigenvalue weighted by Crippen LogP contribution is 2.22. The Hall–Kier alpha value is -3.41. The van der Waals surface area contributed by atoms with E-state index in [1.807, 2.05) is 29.3 Å². The molecule has 1 saturated heterocycles. The maximum absolute atomic E-state index is 12.6. The average molecular weight is 357 g/mol. The van der Waals surface area contributed by atoms with E-state index in [1.54, 1.807) is 23.1 Å². The zero-order valence-electron chi connectivity index (χ0n) is 14.8. The summed E-state index contributed by atoms with van der Waals surface area (Å²) in [4.78, 5) is 18.5. The van der Waals surface area contributed by atoms with Gasteiger partial charge in [-0.1, -0.05) is 6.07 Å². The van der Waals surface area contributed by atoms with Crippen molar-refractivity contribution in [3.05, 3.63) is 72.9 Å². The third kappa shape index (κ3) is 2.79. The van der Waals surface area contributed by atoms with Crippen molar-refractivity contribution in [3.63, 3.8) is 0 Å². The predicted molar refractivity (Wildman–Crippen MR) is 103 cm³/mol. The third-order valence-electron chi connectivity index (χ3n) is 5.08. The summed E-state index contributed by atoms with van der Waals surface area (Å²) in [5.41, 5.74) is 3.78. The molecule has 6 heteroatoms. The second kappa shape index (κ2) is 6.39. The van der Waals surface area contributed by atoms with Crippen LogP contribution in [0.1, 0.15) is 23.3 Å². The van der Waals surface area contributed by atoms with Gasteiger partial charge in [-0.05, 0) is 60.4 Å². The first-order chi connectivity index (χ1) is 13.3. The van der Waals surface area contributed by atoms with Gasteiger partial charge in [0.1, 0.15) is 5.82 Å². The van der Waals surface area contributed by atoms with Crippen molar-refractivity contribution < 1.29 is 4.79 Å². The molecule has 0 bridgehead atoms. The van der Waals surface area contributed by atoms with E-state index in [-0.39, 0.29) is 5.91 Å². The molecule has 0 atom stereocenters. The van der Waals surface area contributed by atoms with Gasteiger partial charge in [0.15, 0.2) is 5.69 Å². The Morgan fingerprint density at radius 1 is 0.889 bits per heavy atom. The van der Waals surface area contributed by atoms with E-state index in [0.717, 1.165) is 48.4 Å². The number of carbonyl (C=O) groups excluding carboxylic acids is 1. The Balaban J connectivity index is 1.52. The van der Waals surface area contributed by atoms with Gasteiger partial charge in [0, 0.05) is 43.4 Å². The Morgan fingerprint density at radius 2 is 1.67 bits per heavy atom. The lowest BCUT2D eigenvalue weighted by Gasteiger charge is -2.12. The molecule has 0 aliphatic carbocycles. The van der Waals surface area contributed by atoms with Gasteiger partial charge in [0.2, 0.25) is 0 Å². The molecule has 0 aromatic carbocycles. The van der Waals surface area contributed by atoms with Crippen LogP contribution < -0.4 is 0 Å². The summed E-state index contributed by atoms with van der Waals surface area (Å²) in [7, 11) is 0. The summed E-state index contributed by atoms with van der Waals surface area (Å²) in [6, 6.07) is 14.0. The fourth-order valence-electron chi connectivity index (χ4n) is 3.64. The fourth-order valence-corrected chi connectivity index (χ4v) is 3.64. The second-order valence-electron chi connectivity index (χ2n) is 6.78. The Kier molecular flexibility index (Phi) is 3.74. The van der Waals surface area contributed by atoms with E-state index < -0.39 is 0 Å². The summed E-state index contributed by atoms with van der Waals surface area (Å²) < 4.78 is 3.86. The van der Waals surface area contributed by atoms with Crippen molar-refractivity contribution in [1.82, 2.24) is 24.1 Å². The van der Waals surface area contributed by atoms with Crippen LogP contribution in [0.3, 0.4) is 0 Å². The molecule has 0 N–H and O–H groups in total. The monoisotopic (exact) mass is 357 g/mol. The van der Waals surface area contributed by atoms with Gasteiger partial charge in [-0.2, -0.15) is 5.10 Å². The van der Waals surface area contributed by atoms with E-state index in [9.17, 15) is 4.79 Å². The molecule has 1 fully saturated rings. The smallest absolute Gasteiger partial charge is 0.274 e. The first-order valence-electron chi connectivity index (χ1n) is 9.16. The standard InChI is InChI=1S/C21H19N5O/c27-21(24-12-1-2-13-24)19-9-14-26(23-19)20-6-5-18-4-3-17(15-25(18)20)16-7-10-22-11-8-16/h3-11,14-15H,1-2,12-13H2. The van der Waals surface area contributed by atoms with Crippen molar-refractivity contribution in [3.8, 4) is 16.9 Å². The molecule has 4 aromatic rings. The maximum atomic E-state index is 12.6. The lowest BCUT2D eigenvalue weighted by atomic mass is 10.1. The molecule has 5 heterocycles. The molecule has 1 aliphatic rings. The van der Waals surface area contributed by atoms with E-state index in [1.165, 1.54) is 0 Å². The molecule has 5 rings (SSSR count). The minimum absolute atomic E-state index is 0.0181. The number of fused-ring (bicyclic) bond motifs is 1. The predicted octanol–water partition coefficient (Wildman–Crippen LogP) is 3.42. The molecule has 1 aliphatic heterocycles. The summed E-state index contributed by atoms with van der Waals surface area (Å²) in [5.74, 6) is 0.922. The van der Waals surface area contributed by atoms with Gasteiger partial charge in [-0.25, -0.2) is 4.68 Å². The van der Waals surface area contributed by atoms with Gasteiger partial charge in [0.25, 0.3) is 5.91 Å². The number of amides is 1.